The van der Waals surface area contributed by atoms with Crippen LogP contribution in [-0.2, 0) is 6.42 Å². The number of terminal acetylenes is 1. The zero-order chi connectivity index (χ0) is 16.6. The van der Waals surface area contributed by atoms with E-state index in [0.29, 0.717) is 6.42 Å². The van der Waals surface area contributed by atoms with Crippen molar-refractivity contribution in [2.24, 2.45) is 5.41 Å². The van der Waals surface area contributed by atoms with E-state index in [1.165, 1.54) is 12.1 Å². The maximum Gasteiger partial charge on any atom is 0.123 e. The van der Waals surface area contributed by atoms with Crippen molar-refractivity contribution in [3.05, 3.63) is 53.1 Å². The molecule has 1 aromatic carbocycles. The Morgan fingerprint density at radius 3 is 2.78 bits per heavy atom. The third-order valence-corrected chi connectivity index (χ3v) is 4.68. The lowest BCUT2D eigenvalue weighted by Crippen LogP contribution is -2.29. The fraction of sp³-hybridized carbons (Fsp3) is 0.316. The molecule has 0 amide bonds. The highest BCUT2D eigenvalue weighted by Crippen LogP contribution is 2.42. The standard InChI is InChI=1S/C19H19FN2O/c1-4-17(23)11-19(3)10-14-12-21-22(18(14)9-13(19)2)16-7-5-15(20)6-8-16/h1,5-9,12,17,23H,10-11H2,2-3H3. The maximum absolute atomic E-state index is 13.1. The summed E-state index contributed by atoms with van der Waals surface area (Å²) in [5.74, 6) is 2.12. The molecule has 0 saturated heterocycles. The Hall–Kier alpha value is -2.38. The lowest BCUT2D eigenvalue weighted by molar-refractivity contribution is 0.168. The molecule has 1 aliphatic rings. The van der Waals surface area contributed by atoms with Crippen molar-refractivity contribution < 1.29 is 9.50 Å². The number of halogens is 1. The second-order valence-electron chi connectivity index (χ2n) is 6.39. The van der Waals surface area contributed by atoms with Gasteiger partial charge in [-0.3, -0.25) is 0 Å². The van der Waals surface area contributed by atoms with Gasteiger partial charge in [0.25, 0.3) is 0 Å². The number of hydrogen-bond acceptors (Lipinski definition) is 2. The van der Waals surface area contributed by atoms with Crippen molar-refractivity contribution in [3.63, 3.8) is 0 Å². The molecule has 2 aromatic rings. The first-order chi connectivity index (χ1) is 10.9. The van der Waals surface area contributed by atoms with Gasteiger partial charge >= 0.3 is 0 Å². The number of nitrogens with zero attached hydrogens (tertiary/aromatic N) is 2. The van der Waals surface area contributed by atoms with Crippen LogP contribution in [0.1, 0.15) is 31.5 Å². The molecule has 0 radical (unpaired) electrons. The van der Waals surface area contributed by atoms with Gasteiger partial charge in [0.15, 0.2) is 0 Å². The van der Waals surface area contributed by atoms with Gasteiger partial charge in [-0.05, 0) is 61.1 Å². The van der Waals surface area contributed by atoms with Gasteiger partial charge in [-0.2, -0.15) is 5.10 Å². The Balaban J connectivity index is 1.98. The number of benzene rings is 1. The summed E-state index contributed by atoms with van der Waals surface area (Å²) in [6, 6.07) is 6.27. The largest absolute Gasteiger partial charge is 0.380 e. The third-order valence-electron chi connectivity index (χ3n) is 4.68. The molecule has 23 heavy (non-hydrogen) atoms. The molecule has 1 aromatic heterocycles. The Kier molecular flexibility index (Phi) is 3.83. The number of aromatic nitrogens is 2. The summed E-state index contributed by atoms with van der Waals surface area (Å²) in [4.78, 5) is 0. The quantitative estimate of drug-likeness (QED) is 0.883. The van der Waals surface area contributed by atoms with E-state index < -0.39 is 6.10 Å². The predicted molar refractivity (Wildman–Crippen MR) is 88.4 cm³/mol. The zero-order valence-electron chi connectivity index (χ0n) is 13.3. The summed E-state index contributed by atoms with van der Waals surface area (Å²) in [7, 11) is 0. The van der Waals surface area contributed by atoms with Crippen LogP contribution in [0.15, 0.2) is 36.0 Å². The molecule has 4 heteroatoms. The van der Waals surface area contributed by atoms with Gasteiger partial charge in [-0.1, -0.05) is 18.4 Å². The Morgan fingerprint density at radius 2 is 2.13 bits per heavy atom. The van der Waals surface area contributed by atoms with E-state index in [1.807, 2.05) is 17.8 Å². The van der Waals surface area contributed by atoms with Crippen LogP contribution in [-0.4, -0.2) is 21.0 Å². The first-order valence-electron chi connectivity index (χ1n) is 7.59. The average molecular weight is 310 g/mol. The van der Waals surface area contributed by atoms with Crippen molar-refractivity contribution >= 4 is 6.08 Å². The van der Waals surface area contributed by atoms with Crippen molar-refractivity contribution in [2.45, 2.75) is 32.8 Å². The van der Waals surface area contributed by atoms with Gasteiger partial charge in [0, 0.05) is 0 Å². The van der Waals surface area contributed by atoms with Gasteiger partial charge in [0.1, 0.15) is 11.9 Å². The Bertz CT molecular complexity index is 798. The molecule has 1 aliphatic carbocycles. The number of aliphatic hydroxyl groups excluding tert-OH is 1. The molecule has 0 fully saturated rings. The van der Waals surface area contributed by atoms with E-state index in [4.69, 9.17) is 6.42 Å². The second kappa shape index (κ2) is 5.68. The fourth-order valence-electron chi connectivity index (χ4n) is 3.13. The highest BCUT2D eigenvalue weighted by Gasteiger charge is 2.34. The normalized spacial score (nSPS) is 21.3. The fourth-order valence-corrected chi connectivity index (χ4v) is 3.13. The van der Waals surface area contributed by atoms with E-state index in [-0.39, 0.29) is 11.2 Å². The van der Waals surface area contributed by atoms with E-state index in [9.17, 15) is 9.50 Å². The summed E-state index contributed by atoms with van der Waals surface area (Å²) in [5.41, 5.74) is 3.90. The minimum atomic E-state index is -0.753. The van der Waals surface area contributed by atoms with Crippen LogP contribution in [0.25, 0.3) is 11.8 Å². The molecule has 1 heterocycles. The third kappa shape index (κ3) is 2.80. The smallest absolute Gasteiger partial charge is 0.123 e. The number of fused-ring (bicyclic) bond motifs is 1. The molecule has 2 atom stereocenters. The number of hydrogen-bond donors (Lipinski definition) is 1. The van der Waals surface area contributed by atoms with Crippen molar-refractivity contribution in [3.8, 4) is 18.0 Å². The summed E-state index contributed by atoms with van der Waals surface area (Å²) in [5, 5.41) is 14.3. The summed E-state index contributed by atoms with van der Waals surface area (Å²) < 4.78 is 14.9. The SMILES string of the molecule is C#CC(O)CC1(C)Cc2cnn(-c3ccc(F)cc3)c2C=C1C. The highest BCUT2D eigenvalue weighted by molar-refractivity contribution is 5.60. The van der Waals surface area contributed by atoms with Crippen molar-refractivity contribution in [1.29, 1.82) is 0 Å². The van der Waals surface area contributed by atoms with E-state index in [1.54, 1.807) is 12.1 Å². The summed E-state index contributed by atoms with van der Waals surface area (Å²) >= 11 is 0. The van der Waals surface area contributed by atoms with Gasteiger partial charge in [-0.25, -0.2) is 9.07 Å². The second-order valence-corrected chi connectivity index (χ2v) is 6.39. The molecule has 118 valence electrons. The van der Waals surface area contributed by atoms with Crippen LogP contribution in [0.4, 0.5) is 4.39 Å². The van der Waals surface area contributed by atoms with E-state index in [2.05, 4.69) is 24.0 Å². The molecule has 0 spiro atoms. The number of aliphatic hydroxyl groups is 1. The lowest BCUT2D eigenvalue weighted by Gasteiger charge is -2.34. The van der Waals surface area contributed by atoms with Gasteiger partial charge in [0.2, 0.25) is 0 Å². The topological polar surface area (TPSA) is 38.1 Å². The average Bonchev–Trinajstić information content (AvgIpc) is 2.90. The van der Waals surface area contributed by atoms with Crippen LogP contribution in [0.5, 0.6) is 0 Å². The first-order valence-corrected chi connectivity index (χ1v) is 7.59. The summed E-state index contributed by atoms with van der Waals surface area (Å²) in [6.45, 7) is 4.16. The van der Waals surface area contributed by atoms with E-state index >= 15 is 0 Å². The Labute approximate surface area is 135 Å². The lowest BCUT2D eigenvalue weighted by atomic mass is 9.70. The van der Waals surface area contributed by atoms with Crippen molar-refractivity contribution in [1.82, 2.24) is 9.78 Å². The molecule has 0 aliphatic heterocycles. The molecule has 3 nitrogen and oxygen atoms in total. The molecule has 0 saturated carbocycles. The minimum Gasteiger partial charge on any atom is -0.380 e. The van der Waals surface area contributed by atoms with Crippen LogP contribution < -0.4 is 0 Å². The van der Waals surface area contributed by atoms with Crippen molar-refractivity contribution in [2.75, 3.05) is 0 Å². The molecule has 1 N–H and O–H groups in total. The Morgan fingerprint density at radius 1 is 1.43 bits per heavy atom. The zero-order valence-corrected chi connectivity index (χ0v) is 13.3. The molecule has 2 unspecified atom stereocenters. The van der Waals surface area contributed by atoms with Crippen LogP contribution in [0.2, 0.25) is 0 Å². The molecule has 3 rings (SSSR count). The van der Waals surface area contributed by atoms with Crippen LogP contribution >= 0.6 is 0 Å². The summed E-state index contributed by atoms with van der Waals surface area (Å²) in [6.07, 6.45) is 9.77. The number of allylic oxidation sites excluding steroid dienone is 1. The first kappa shape index (κ1) is 15.5. The molecule has 0 bridgehead atoms. The van der Waals surface area contributed by atoms with Crippen LogP contribution in [0.3, 0.4) is 0 Å². The van der Waals surface area contributed by atoms with E-state index in [0.717, 1.165) is 28.9 Å². The van der Waals surface area contributed by atoms with Gasteiger partial charge in [0.05, 0.1) is 17.6 Å². The number of rotatable bonds is 3. The molecular weight excluding hydrogens is 291 g/mol. The van der Waals surface area contributed by atoms with Gasteiger partial charge in [-0.15, -0.1) is 6.42 Å². The predicted octanol–water partition coefficient (Wildman–Crippen LogP) is 3.36. The minimum absolute atomic E-state index is 0.185. The van der Waals surface area contributed by atoms with Crippen LogP contribution in [0, 0.1) is 23.6 Å². The highest BCUT2D eigenvalue weighted by atomic mass is 19.1. The van der Waals surface area contributed by atoms with Gasteiger partial charge < -0.3 is 5.11 Å². The molecular formula is C19H19FN2O. The maximum atomic E-state index is 13.1. The monoisotopic (exact) mass is 310 g/mol.